The molecule has 0 N–H and O–H groups in total. The number of furan rings is 1. The Labute approximate surface area is 278 Å². The van der Waals surface area contributed by atoms with Crippen LogP contribution in [0.15, 0.2) is 162 Å². The van der Waals surface area contributed by atoms with Gasteiger partial charge in [-0.1, -0.05) is 111 Å². The summed E-state index contributed by atoms with van der Waals surface area (Å²) in [7, 11) is 0. The van der Waals surface area contributed by atoms with Crippen LogP contribution in [0.25, 0.3) is 60.6 Å². The Morgan fingerprint density at radius 1 is 0.500 bits per heavy atom. The van der Waals surface area contributed by atoms with Gasteiger partial charge >= 0.3 is 0 Å². The third kappa shape index (κ3) is 3.76. The van der Waals surface area contributed by atoms with E-state index >= 15 is 0 Å². The van der Waals surface area contributed by atoms with E-state index in [0.29, 0.717) is 0 Å². The largest absolute Gasteiger partial charge is 0.454 e. The number of aromatic nitrogens is 1. The number of hydrogen-bond acceptors (Lipinski definition) is 2. The minimum Gasteiger partial charge on any atom is -0.454 e. The van der Waals surface area contributed by atoms with Crippen LogP contribution in [0, 0.1) is 0 Å². The summed E-state index contributed by atoms with van der Waals surface area (Å²) in [6.07, 6.45) is 0. The first-order chi connectivity index (χ1) is 23.6. The second-order valence-electron chi connectivity index (χ2n) is 13.4. The number of hydrogen-bond donors (Lipinski definition) is 0. The molecule has 3 heteroatoms. The average molecular weight is 617 g/mol. The van der Waals surface area contributed by atoms with Gasteiger partial charge in [0.05, 0.1) is 22.6 Å². The van der Waals surface area contributed by atoms with E-state index in [1.165, 1.54) is 50.1 Å². The number of para-hydroxylation sites is 3. The molecule has 0 saturated heterocycles. The summed E-state index contributed by atoms with van der Waals surface area (Å²) in [6.45, 7) is 4.71. The maximum Gasteiger partial charge on any atom is 0.161 e. The molecule has 0 saturated carbocycles. The molecule has 9 aromatic rings. The molecule has 0 radical (unpaired) electrons. The average Bonchev–Trinajstić information content (AvgIpc) is 3.66. The van der Waals surface area contributed by atoms with Crippen molar-refractivity contribution in [2.45, 2.75) is 19.3 Å². The second-order valence-corrected chi connectivity index (χ2v) is 13.4. The zero-order valence-electron chi connectivity index (χ0n) is 26.8. The van der Waals surface area contributed by atoms with Crippen LogP contribution in [-0.4, -0.2) is 4.57 Å². The third-order valence-corrected chi connectivity index (χ3v) is 10.4. The lowest BCUT2D eigenvalue weighted by Crippen LogP contribution is -2.30. The first-order valence-electron chi connectivity index (χ1n) is 16.6. The van der Waals surface area contributed by atoms with Crippen molar-refractivity contribution in [3.63, 3.8) is 0 Å². The first-order valence-corrected chi connectivity index (χ1v) is 16.6. The minimum absolute atomic E-state index is 0.199. The van der Waals surface area contributed by atoms with Crippen molar-refractivity contribution in [1.29, 1.82) is 0 Å². The fourth-order valence-corrected chi connectivity index (χ4v) is 8.04. The second kappa shape index (κ2) is 9.97. The van der Waals surface area contributed by atoms with Crippen molar-refractivity contribution in [2.24, 2.45) is 0 Å². The van der Waals surface area contributed by atoms with Gasteiger partial charge in [0.1, 0.15) is 11.1 Å². The minimum atomic E-state index is -0.199. The van der Waals surface area contributed by atoms with E-state index < -0.39 is 0 Å². The summed E-state index contributed by atoms with van der Waals surface area (Å²) in [4.78, 5) is 2.46. The molecule has 7 aromatic carbocycles. The standard InChI is InChI=1S/C45H32N2O/c1-45(2)36-19-9-10-20-40(36)47(38-21-12-14-29-13-6-7-17-33(29)38)41-26-24-31(28-37(41)45)30-23-25-39-35(27-30)44-43(34-18-8-11-22-42(34)48-44)46(39)32-15-4-3-5-16-32/h3-28H,1-2H3. The van der Waals surface area contributed by atoms with E-state index in [-0.39, 0.29) is 5.41 Å². The van der Waals surface area contributed by atoms with Gasteiger partial charge in [-0.05, 0) is 88.3 Å². The zero-order chi connectivity index (χ0) is 32.0. The number of benzene rings is 7. The summed E-state index contributed by atoms with van der Waals surface area (Å²) in [5.41, 5.74) is 13.6. The molecule has 2 aromatic heterocycles. The summed E-state index contributed by atoms with van der Waals surface area (Å²) in [5.74, 6) is 0. The quantitative estimate of drug-likeness (QED) is 0.197. The summed E-state index contributed by atoms with van der Waals surface area (Å²) in [6, 6.07) is 57.0. The Hall–Kier alpha value is -6.06. The molecule has 1 aliphatic rings. The van der Waals surface area contributed by atoms with Crippen molar-refractivity contribution in [2.75, 3.05) is 4.90 Å². The Morgan fingerprint density at radius 3 is 2.06 bits per heavy atom. The number of rotatable bonds is 3. The van der Waals surface area contributed by atoms with Crippen LogP contribution < -0.4 is 4.90 Å². The Morgan fingerprint density at radius 2 is 1.17 bits per heavy atom. The molecule has 3 heterocycles. The van der Waals surface area contributed by atoms with Crippen molar-refractivity contribution in [3.8, 4) is 16.8 Å². The maximum atomic E-state index is 6.59. The van der Waals surface area contributed by atoms with Gasteiger partial charge in [-0.15, -0.1) is 0 Å². The van der Waals surface area contributed by atoms with Crippen LogP contribution in [0.1, 0.15) is 25.0 Å². The topological polar surface area (TPSA) is 21.3 Å². The third-order valence-electron chi connectivity index (χ3n) is 10.4. The van der Waals surface area contributed by atoms with Gasteiger partial charge in [0.2, 0.25) is 0 Å². The van der Waals surface area contributed by atoms with Crippen LogP contribution in [0.5, 0.6) is 0 Å². The molecule has 0 spiro atoms. The molecule has 0 aliphatic carbocycles. The van der Waals surface area contributed by atoms with E-state index in [9.17, 15) is 0 Å². The Bertz CT molecular complexity index is 2710. The SMILES string of the molecule is CC1(C)c2ccccc2N(c2cccc3ccccc23)c2ccc(-c3ccc4c(c3)c3oc5ccccc5c3n4-c3ccccc3)cc21. The summed E-state index contributed by atoms with van der Waals surface area (Å²) >= 11 is 0. The van der Waals surface area contributed by atoms with Crippen LogP contribution >= 0.6 is 0 Å². The smallest absolute Gasteiger partial charge is 0.161 e. The van der Waals surface area contributed by atoms with Gasteiger partial charge in [-0.25, -0.2) is 0 Å². The van der Waals surface area contributed by atoms with Gasteiger partial charge in [0, 0.05) is 27.3 Å². The molecule has 3 nitrogen and oxygen atoms in total. The Kier molecular flexibility index (Phi) is 5.63. The van der Waals surface area contributed by atoms with Gasteiger partial charge < -0.3 is 13.9 Å². The number of nitrogens with zero attached hydrogens (tertiary/aromatic N) is 2. The fourth-order valence-electron chi connectivity index (χ4n) is 8.04. The van der Waals surface area contributed by atoms with Crippen LogP contribution in [-0.2, 0) is 5.41 Å². The van der Waals surface area contributed by atoms with Crippen molar-refractivity contribution in [1.82, 2.24) is 4.57 Å². The molecule has 0 bridgehead atoms. The number of fused-ring (bicyclic) bond motifs is 8. The lowest BCUT2D eigenvalue weighted by atomic mass is 9.73. The highest BCUT2D eigenvalue weighted by Gasteiger charge is 2.37. The van der Waals surface area contributed by atoms with E-state index in [1.807, 2.05) is 6.07 Å². The summed E-state index contributed by atoms with van der Waals surface area (Å²) < 4.78 is 8.93. The normalized spacial score (nSPS) is 13.8. The molecular formula is C45H32N2O. The van der Waals surface area contributed by atoms with E-state index in [0.717, 1.165) is 38.7 Å². The highest BCUT2D eigenvalue weighted by atomic mass is 16.3. The molecule has 0 atom stereocenters. The van der Waals surface area contributed by atoms with E-state index in [1.54, 1.807) is 0 Å². The molecular weight excluding hydrogens is 585 g/mol. The molecule has 228 valence electrons. The monoisotopic (exact) mass is 616 g/mol. The Balaban J connectivity index is 1.20. The molecule has 48 heavy (non-hydrogen) atoms. The summed E-state index contributed by atoms with van der Waals surface area (Å²) in [5, 5.41) is 4.72. The van der Waals surface area contributed by atoms with Gasteiger partial charge in [-0.2, -0.15) is 0 Å². The first kappa shape index (κ1) is 27.1. The van der Waals surface area contributed by atoms with Crippen LogP contribution in [0.3, 0.4) is 0 Å². The predicted molar refractivity (Wildman–Crippen MR) is 200 cm³/mol. The number of anilines is 3. The lowest BCUT2D eigenvalue weighted by molar-refractivity contribution is 0.632. The highest BCUT2D eigenvalue weighted by Crippen LogP contribution is 2.53. The van der Waals surface area contributed by atoms with Crippen molar-refractivity contribution < 1.29 is 4.42 Å². The maximum absolute atomic E-state index is 6.59. The van der Waals surface area contributed by atoms with E-state index in [4.69, 9.17) is 4.42 Å². The van der Waals surface area contributed by atoms with Crippen molar-refractivity contribution in [3.05, 3.63) is 169 Å². The highest BCUT2D eigenvalue weighted by molar-refractivity contribution is 6.17. The zero-order valence-corrected chi connectivity index (χ0v) is 26.8. The molecule has 0 amide bonds. The van der Waals surface area contributed by atoms with Gasteiger partial charge in [0.15, 0.2) is 5.58 Å². The van der Waals surface area contributed by atoms with Gasteiger partial charge in [0.25, 0.3) is 0 Å². The van der Waals surface area contributed by atoms with Crippen LogP contribution in [0.2, 0.25) is 0 Å². The van der Waals surface area contributed by atoms with Gasteiger partial charge in [-0.3, -0.25) is 0 Å². The fraction of sp³-hybridized carbons (Fsp3) is 0.0667. The van der Waals surface area contributed by atoms with Crippen molar-refractivity contribution >= 4 is 60.8 Å². The molecule has 0 fully saturated rings. The molecule has 1 aliphatic heterocycles. The molecule has 0 unspecified atom stereocenters. The lowest BCUT2D eigenvalue weighted by Gasteiger charge is -2.42. The van der Waals surface area contributed by atoms with Crippen LogP contribution in [0.4, 0.5) is 17.1 Å². The predicted octanol–water partition coefficient (Wildman–Crippen LogP) is 12.5. The molecule has 10 rings (SSSR count). The van der Waals surface area contributed by atoms with E-state index in [2.05, 4.69) is 175 Å².